The van der Waals surface area contributed by atoms with Crippen molar-refractivity contribution >= 4 is 5.78 Å². The molecule has 0 aromatic heterocycles. The van der Waals surface area contributed by atoms with Gasteiger partial charge in [0.25, 0.3) is 0 Å². The molecule has 20 heavy (non-hydrogen) atoms. The third-order valence-corrected chi connectivity index (χ3v) is 4.48. The summed E-state index contributed by atoms with van der Waals surface area (Å²) in [6, 6.07) is 8.37. The minimum atomic E-state index is -0.0193. The predicted molar refractivity (Wildman–Crippen MR) is 78.7 cm³/mol. The molecular weight excluding hydrogens is 250 g/mol. The van der Waals surface area contributed by atoms with E-state index in [-0.39, 0.29) is 6.10 Å². The summed E-state index contributed by atoms with van der Waals surface area (Å²) in [5.41, 5.74) is 2.57. The summed E-state index contributed by atoms with van der Waals surface area (Å²) < 4.78 is 5.83. The van der Waals surface area contributed by atoms with Crippen LogP contribution in [0.3, 0.4) is 0 Å². The Labute approximate surface area is 120 Å². The van der Waals surface area contributed by atoms with Gasteiger partial charge in [0.05, 0.1) is 12.7 Å². The number of rotatable bonds is 4. The number of Topliss-reactive ketones (excluding diaryl/α,β-unsaturated/α-hetero) is 1. The highest BCUT2D eigenvalue weighted by Gasteiger charge is 2.24. The third-order valence-electron chi connectivity index (χ3n) is 4.48. The van der Waals surface area contributed by atoms with E-state index in [0.29, 0.717) is 18.1 Å². The van der Waals surface area contributed by atoms with Crippen LogP contribution in [0.5, 0.6) is 0 Å². The first kappa shape index (κ1) is 13.8. The highest BCUT2D eigenvalue weighted by molar-refractivity contribution is 5.79. The van der Waals surface area contributed by atoms with Crippen molar-refractivity contribution in [1.82, 2.24) is 5.32 Å². The second-order valence-electron chi connectivity index (χ2n) is 5.95. The first-order chi connectivity index (χ1) is 9.83. The Hall–Kier alpha value is -1.19. The topological polar surface area (TPSA) is 38.3 Å². The molecule has 108 valence electrons. The van der Waals surface area contributed by atoms with E-state index in [1.165, 1.54) is 11.1 Å². The summed E-state index contributed by atoms with van der Waals surface area (Å²) in [5, 5.41) is 3.35. The Bertz CT molecular complexity index is 466. The highest BCUT2D eigenvalue weighted by Crippen LogP contribution is 2.30. The van der Waals surface area contributed by atoms with Crippen LogP contribution in [0.1, 0.15) is 42.9 Å². The Morgan fingerprint density at radius 1 is 1.20 bits per heavy atom. The first-order valence-corrected chi connectivity index (χ1v) is 7.75. The Morgan fingerprint density at radius 2 is 2.00 bits per heavy atom. The lowest BCUT2D eigenvalue weighted by Crippen LogP contribution is -2.29. The summed E-state index contributed by atoms with van der Waals surface area (Å²) in [4.78, 5) is 12.3. The van der Waals surface area contributed by atoms with Gasteiger partial charge >= 0.3 is 0 Å². The molecule has 0 radical (unpaired) electrons. The van der Waals surface area contributed by atoms with Crippen molar-refractivity contribution in [2.24, 2.45) is 5.92 Å². The van der Waals surface area contributed by atoms with Gasteiger partial charge in [0.15, 0.2) is 0 Å². The average molecular weight is 273 g/mol. The van der Waals surface area contributed by atoms with Gasteiger partial charge in [-0.25, -0.2) is 0 Å². The zero-order valence-electron chi connectivity index (χ0n) is 11.9. The van der Waals surface area contributed by atoms with Gasteiger partial charge in [-0.05, 0) is 49.4 Å². The normalized spacial score (nSPS) is 23.3. The van der Waals surface area contributed by atoms with Crippen molar-refractivity contribution in [1.29, 1.82) is 0 Å². The number of piperidine rings is 1. The van der Waals surface area contributed by atoms with Crippen LogP contribution >= 0.6 is 0 Å². The monoisotopic (exact) mass is 273 g/mol. The van der Waals surface area contributed by atoms with Crippen LogP contribution in [0.25, 0.3) is 0 Å². The minimum absolute atomic E-state index is 0.0193. The Morgan fingerprint density at radius 3 is 2.85 bits per heavy atom. The zero-order valence-corrected chi connectivity index (χ0v) is 11.9. The summed E-state index contributed by atoms with van der Waals surface area (Å²) in [5.74, 6) is 0.932. The van der Waals surface area contributed by atoms with Crippen molar-refractivity contribution in [3.63, 3.8) is 0 Å². The predicted octanol–water partition coefficient (Wildman–Crippen LogP) is 2.65. The number of carbonyl (C=O) groups is 1. The molecule has 3 nitrogen and oxygen atoms in total. The van der Waals surface area contributed by atoms with Gasteiger partial charge in [0.1, 0.15) is 5.78 Å². The van der Waals surface area contributed by atoms with Crippen LogP contribution in [-0.4, -0.2) is 25.5 Å². The summed E-state index contributed by atoms with van der Waals surface area (Å²) in [7, 11) is 0. The van der Waals surface area contributed by atoms with E-state index in [1.807, 2.05) is 6.07 Å². The summed E-state index contributed by atoms with van der Waals surface area (Å²) in [6.07, 6.45) is 4.48. The number of fused-ring (bicyclic) bond motifs is 1. The molecule has 0 saturated carbocycles. The van der Waals surface area contributed by atoms with E-state index in [2.05, 4.69) is 23.5 Å². The molecule has 2 aliphatic heterocycles. The van der Waals surface area contributed by atoms with Crippen LogP contribution in [0.4, 0.5) is 0 Å². The van der Waals surface area contributed by atoms with Crippen molar-refractivity contribution in [2.75, 3.05) is 19.7 Å². The molecule has 1 atom stereocenters. The van der Waals surface area contributed by atoms with Gasteiger partial charge in [-0.3, -0.25) is 4.79 Å². The summed E-state index contributed by atoms with van der Waals surface area (Å²) >= 11 is 0. The van der Waals surface area contributed by atoms with E-state index in [1.54, 1.807) is 0 Å². The van der Waals surface area contributed by atoms with E-state index in [9.17, 15) is 4.79 Å². The molecule has 1 aromatic carbocycles. The fourth-order valence-electron chi connectivity index (χ4n) is 3.34. The molecule has 0 bridgehead atoms. The first-order valence-electron chi connectivity index (χ1n) is 7.75. The third kappa shape index (κ3) is 3.28. The molecular formula is C17H23NO2. The smallest absolute Gasteiger partial charge is 0.136 e. The number of benzene rings is 1. The van der Waals surface area contributed by atoms with Crippen LogP contribution in [-0.2, 0) is 16.0 Å². The quantitative estimate of drug-likeness (QED) is 0.916. The van der Waals surface area contributed by atoms with Gasteiger partial charge in [0.2, 0.25) is 0 Å². The second kappa shape index (κ2) is 6.51. The molecule has 0 aliphatic carbocycles. The van der Waals surface area contributed by atoms with Gasteiger partial charge in [-0.1, -0.05) is 24.3 Å². The van der Waals surface area contributed by atoms with Gasteiger partial charge in [-0.15, -0.1) is 0 Å². The van der Waals surface area contributed by atoms with Crippen LogP contribution < -0.4 is 5.32 Å². The fourth-order valence-corrected chi connectivity index (χ4v) is 3.34. The molecule has 3 rings (SSSR count). The molecule has 1 aromatic rings. The fraction of sp³-hybridized carbons (Fsp3) is 0.588. The zero-order chi connectivity index (χ0) is 13.8. The maximum atomic E-state index is 12.3. The molecule has 1 fully saturated rings. The molecule has 0 amide bonds. The van der Waals surface area contributed by atoms with E-state index >= 15 is 0 Å². The van der Waals surface area contributed by atoms with E-state index < -0.39 is 0 Å². The lowest BCUT2D eigenvalue weighted by Gasteiger charge is -2.27. The molecule has 2 aliphatic rings. The van der Waals surface area contributed by atoms with Gasteiger partial charge in [0, 0.05) is 12.8 Å². The minimum Gasteiger partial charge on any atom is -0.373 e. The van der Waals surface area contributed by atoms with E-state index in [4.69, 9.17) is 4.74 Å². The largest absolute Gasteiger partial charge is 0.373 e. The van der Waals surface area contributed by atoms with Crippen molar-refractivity contribution in [2.45, 2.75) is 38.2 Å². The van der Waals surface area contributed by atoms with E-state index in [0.717, 1.165) is 45.4 Å². The Kier molecular flexibility index (Phi) is 4.48. The van der Waals surface area contributed by atoms with Crippen LogP contribution in [0.2, 0.25) is 0 Å². The summed E-state index contributed by atoms with van der Waals surface area (Å²) in [6.45, 7) is 2.85. The molecule has 3 heteroatoms. The SMILES string of the molecule is O=C(CC1CCNCC1)CC1OCCc2ccccc21. The second-order valence-corrected chi connectivity index (χ2v) is 5.95. The molecule has 0 spiro atoms. The van der Waals surface area contributed by atoms with Crippen molar-refractivity contribution < 1.29 is 9.53 Å². The van der Waals surface area contributed by atoms with Crippen molar-refractivity contribution in [3.8, 4) is 0 Å². The molecule has 2 heterocycles. The standard InChI is InChI=1S/C17H23NO2/c19-15(11-13-5-8-18-9-6-13)12-17-16-4-2-1-3-14(16)7-10-20-17/h1-4,13,17-18H,5-12H2. The maximum absolute atomic E-state index is 12.3. The number of hydrogen-bond donors (Lipinski definition) is 1. The molecule has 1 N–H and O–H groups in total. The molecule has 1 unspecified atom stereocenters. The number of ketones is 1. The maximum Gasteiger partial charge on any atom is 0.136 e. The molecule has 1 saturated heterocycles. The van der Waals surface area contributed by atoms with Crippen LogP contribution in [0, 0.1) is 5.92 Å². The number of carbonyl (C=O) groups excluding carboxylic acids is 1. The lowest BCUT2D eigenvalue weighted by atomic mass is 9.89. The van der Waals surface area contributed by atoms with Gasteiger partial charge in [-0.2, -0.15) is 0 Å². The average Bonchev–Trinajstić information content (AvgIpc) is 2.48. The number of hydrogen-bond acceptors (Lipinski definition) is 3. The van der Waals surface area contributed by atoms with Crippen molar-refractivity contribution in [3.05, 3.63) is 35.4 Å². The van der Waals surface area contributed by atoms with Crippen LogP contribution in [0.15, 0.2) is 24.3 Å². The highest BCUT2D eigenvalue weighted by atomic mass is 16.5. The number of nitrogens with one attached hydrogen (secondary N) is 1. The van der Waals surface area contributed by atoms with Gasteiger partial charge < -0.3 is 10.1 Å². The number of ether oxygens (including phenoxy) is 1. The Balaban J connectivity index is 1.59. The lowest BCUT2D eigenvalue weighted by molar-refractivity contribution is -0.123.